The molecule has 2 rings (SSSR count). The van der Waals surface area contributed by atoms with E-state index in [1.165, 1.54) is 5.69 Å². The molecule has 0 aromatic heterocycles. The van der Waals surface area contributed by atoms with E-state index in [4.69, 9.17) is 22.7 Å². The Bertz CT molecular complexity index is 451. The highest BCUT2D eigenvalue weighted by Crippen LogP contribution is 2.23. The Morgan fingerprint density at radius 2 is 1.94 bits per heavy atom. The molecule has 1 aliphatic rings. The predicted octanol–water partition coefficient (Wildman–Crippen LogP) is 2.24. The van der Waals surface area contributed by atoms with Gasteiger partial charge in [0.05, 0.1) is 12.2 Å². The molecule has 0 bridgehead atoms. The van der Waals surface area contributed by atoms with Crippen LogP contribution in [0.15, 0.2) is 18.2 Å². The summed E-state index contributed by atoms with van der Waals surface area (Å²) in [6.07, 6.45) is 0.536. The third kappa shape index (κ3) is 2.82. The van der Waals surface area contributed by atoms with Crippen LogP contribution >= 0.6 is 12.2 Å². The second kappa shape index (κ2) is 5.24. The maximum atomic E-state index is 5.75. The van der Waals surface area contributed by atoms with Gasteiger partial charge in [-0.1, -0.05) is 12.2 Å². The lowest BCUT2D eigenvalue weighted by Gasteiger charge is -2.37. The number of ether oxygens (including phenoxy) is 1. The SMILES string of the molecule is Cc1cc(N2C[C@@H](C)O[C@@H](C)C2)ccc1C(N)=S. The molecule has 1 aliphatic heterocycles. The van der Waals surface area contributed by atoms with Crippen LogP contribution in [0.1, 0.15) is 25.0 Å². The van der Waals surface area contributed by atoms with Crippen molar-refractivity contribution in [2.24, 2.45) is 5.73 Å². The zero-order valence-corrected chi connectivity index (χ0v) is 12.0. The Balaban J connectivity index is 2.23. The Kier molecular flexibility index (Phi) is 3.88. The van der Waals surface area contributed by atoms with Gasteiger partial charge in [-0.3, -0.25) is 0 Å². The molecule has 0 aliphatic carbocycles. The van der Waals surface area contributed by atoms with Crippen molar-refractivity contribution in [2.45, 2.75) is 33.0 Å². The summed E-state index contributed by atoms with van der Waals surface area (Å²) in [6, 6.07) is 6.25. The maximum absolute atomic E-state index is 5.75. The molecule has 1 fully saturated rings. The molecule has 0 spiro atoms. The van der Waals surface area contributed by atoms with Gasteiger partial charge in [0, 0.05) is 24.3 Å². The summed E-state index contributed by atoms with van der Waals surface area (Å²) >= 11 is 5.03. The summed E-state index contributed by atoms with van der Waals surface area (Å²) in [7, 11) is 0. The first-order valence-corrected chi connectivity index (χ1v) is 6.69. The number of thiocarbonyl (C=S) groups is 1. The molecule has 4 heteroatoms. The van der Waals surface area contributed by atoms with Crippen LogP contribution in [0.3, 0.4) is 0 Å². The monoisotopic (exact) mass is 264 g/mol. The van der Waals surface area contributed by atoms with Gasteiger partial charge in [0.25, 0.3) is 0 Å². The number of benzene rings is 1. The number of nitrogens with zero attached hydrogens (tertiary/aromatic N) is 1. The fraction of sp³-hybridized carbons (Fsp3) is 0.500. The fourth-order valence-corrected chi connectivity index (χ4v) is 2.74. The van der Waals surface area contributed by atoms with Gasteiger partial charge >= 0.3 is 0 Å². The van der Waals surface area contributed by atoms with Crippen molar-refractivity contribution < 1.29 is 4.74 Å². The van der Waals surface area contributed by atoms with Crippen LogP contribution in [-0.2, 0) is 4.74 Å². The first-order valence-electron chi connectivity index (χ1n) is 6.28. The van der Waals surface area contributed by atoms with Gasteiger partial charge in [-0.15, -0.1) is 0 Å². The van der Waals surface area contributed by atoms with Crippen LogP contribution < -0.4 is 10.6 Å². The summed E-state index contributed by atoms with van der Waals surface area (Å²) in [5.41, 5.74) is 8.99. The van der Waals surface area contributed by atoms with Crippen LogP contribution in [-0.4, -0.2) is 30.3 Å². The van der Waals surface area contributed by atoms with Gasteiger partial charge in [-0.25, -0.2) is 0 Å². The van der Waals surface area contributed by atoms with E-state index in [0.29, 0.717) is 4.99 Å². The average molecular weight is 264 g/mol. The number of hydrogen-bond donors (Lipinski definition) is 1. The topological polar surface area (TPSA) is 38.5 Å². The molecule has 1 aromatic carbocycles. The highest BCUT2D eigenvalue weighted by molar-refractivity contribution is 7.80. The second-order valence-electron chi connectivity index (χ2n) is 5.03. The Morgan fingerprint density at radius 1 is 1.33 bits per heavy atom. The molecule has 2 atom stereocenters. The van der Waals surface area contributed by atoms with Crippen LogP contribution in [0.4, 0.5) is 5.69 Å². The second-order valence-corrected chi connectivity index (χ2v) is 5.47. The quantitative estimate of drug-likeness (QED) is 0.832. The lowest BCUT2D eigenvalue weighted by atomic mass is 10.1. The highest BCUT2D eigenvalue weighted by atomic mass is 32.1. The molecule has 1 saturated heterocycles. The molecule has 0 amide bonds. The minimum atomic E-state index is 0.268. The van der Waals surface area contributed by atoms with Crippen LogP contribution in [0, 0.1) is 6.92 Å². The molecule has 0 saturated carbocycles. The van der Waals surface area contributed by atoms with Crippen molar-refractivity contribution in [3.05, 3.63) is 29.3 Å². The molecule has 2 N–H and O–H groups in total. The summed E-state index contributed by atoms with van der Waals surface area (Å²) < 4.78 is 5.75. The normalized spacial score (nSPS) is 24.1. The van der Waals surface area contributed by atoms with E-state index in [-0.39, 0.29) is 12.2 Å². The van der Waals surface area contributed by atoms with Crippen molar-refractivity contribution in [2.75, 3.05) is 18.0 Å². The van der Waals surface area contributed by atoms with E-state index in [9.17, 15) is 0 Å². The van der Waals surface area contributed by atoms with E-state index in [0.717, 1.165) is 24.2 Å². The fourth-order valence-electron chi connectivity index (χ4n) is 2.51. The van der Waals surface area contributed by atoms with Gasteiger partial charge in [0.2, 0.25) is 0 Å². The van der Waals surface area contributed by atoms with E-state index in [2.05, 4.69) is 30.9 Å². The summed E-state index contributed by atoms with van der Waals surface area (Å²) in [6.45, 7) is 8.12. The number of hydrogen-bond acceptors (Lipinski definition) is 3. The number of nitrogens with two attached hydrogens (primary N) is 1. The Labute approximate surface area is 114 Å². The van der Waals surface area contributed by atoms with E-state index in [1.54, 1.807) is 0 Å². The summed E-state index contributed by atoms with van der Waals surface area (Å²) in [5.74, 6) is 0. The minimum absolute atomic E-state index is 0.268. The molecule has 98 valence electrons. The Hall–Kier alpha value is -1.13. The predicted molar refractivity (Wildman–Crippen MR) is 79.3 cm³/mol. The number of aryl methyl sites for hydroxylation is 1. The minimum Gasteiger partial charge on any atom is -0.389 e. The smallest absolute Gasteiger partial charge is 0.104 e. The molecular formula is C14H20N2OS. The number of rotatable bonds is 2. The standard InChI is InChI=1S/C14H20N2OS/c1-9-6-12(4-5-13(9)14(15)18)16-7-10(2)17-11(3)8-16/h4-6,10-11H,7-8H2,1-3H3,(H2,15,18)/t10-,11+. The number of anilines is 1. The first kappa shape index (κ1) is 13.3. The van der Waals surface area contributed by atoms with Gasteiger partial charge in [-0.2, -0.15) is 0 Å². The van der Waals surface area contributed by atoms with Crippen molar-refractivity contribution in [3.8, 4) is 0 Å². The van der Waals surface area contributed by atoms with E-state index >= 15 is 0 Å². The third-order valence-electron chi connectivity index (χ3n) is 3.26. The van der Waals surface area contributed by atoms with E-state index in [1.807, 2.05) is 13.0 Å². The molecule has 3 nitrogen and oxygen atoms in total. The average Bonchev–Trinajstić information content (AvgIpc) is 2.26. The maximum Gasteiger partial charge on any atom is 0.104 e. The summed E-state index contributed by atoms with van der Waals surface area (Å²) in [4.78, 5) is 2.82. The highest BCUT2D eigenvalue weighted by Gasteiger charge is 2.22. The summed E-state index contributed by atoms with van der Waals surface area (Å²) in [5, 5.41) is 0. The van der Waals surface area contributed by atoms with Gasteiger partial charge in [0.1, 0.15) is 4.99 Å². The van der Waals surface area contributed by atoms with Crippen LogP contribution in [0.2, 0.25) is 0 Å². The largest absolute Gasteiger partial charge is 0.389 e. The van der Waals surface area contributed by atoms with Gasteiger partial charge in [-0.05, 0) is 44.5 Å². The van der Waals surface area contributed by atoms with Crippen molar-refractivity contribution in [3.63, 3.8) is 0 Å². The molecule has 0 unspecified atom stereocenters. The zero-order chi connectivity index (χ0) is 13.3. The molecule has 18 heavy (non-hydrogen) atoms. The van der Waals surface area contributed by atoms with Crippen molar-refractivity contribution in [1.29, 1.82) is 0 Å². The Morgan fingerprint density at radius 3 is 2.44 bits per heavy atom. The first-order chi connectivity index (χ1) is 8.47. The molecule has 0 radical (unpaired) electrons. The van der Waals surface area contributed by atoms with E-state index < -0.39 is 0 Å². The zero-order valence-electron chi connectivity index (χ0n) is 11.1. The lowest BCUT2D eigenvalue weighted by molar-refractivity contribution is -0.00521. The van der Waals surface area contributed by atoms with Crippen LogP contribution in [0.5, 0.6) is 0 Å². The van der Waals surface area contributed by atoms with Gasteiger partial charge in [0.15, 0.2) is 0 Å². The molecular weight excluding hydrogens is 244 g/mol. The molecule has 1 heterocycles. The van der Waals surface area contributed by atoms with Crippen molar-refractivity contribution in [1.82, 2.24) is 0 Å². The number of morpholine rings is 1. The van der Waals surface area contributed by atoms with Crippen molar-refractivity contribution >= 4 is 22.9 Å². The third-order valence-corrected chi connectivity index (χ3v) is 3.48. The lowest BCUT2D eigenvalue weighted by Crippen LogP contribution is -2.45. The van der Waals surface area contributed by atoms with Crippen LogP contribution in [0.25, 0.3) is 0 Å². The molecule has 1 aromatic rings. The van der Waals surface area contributed by atoms with Gasteiger partial charge < -0.3 is 15.4 Å².